The lowest BCUT2D eigenvalue weighted by molar-refractivity contribution is -0.123. The smallest absolute Gasteiger partial charge is 0.266 e. The van der Waals surface area contributed by atoms with Gasteiger partial charge in [0.15, 0.2) is 5.88 Å². The van der Waals surface area contributed by atoms with E-state index in [4.69, 9.17) is 26.1 Å². The predicted molar refractivity (Wildman–Crippen MR) is 101 cm³/mol. The molecule has 1 aromatic rings. The number of ether oxygens (including phenoxy) is 2. The number of carbonyl (C=O) groups is 1. The van der Waals surface area contributed by atoms with Crippen LogP contribution in [0.15, 0.2) is 21.5 Å². The van der Waals surface area contributed by atoms with E-state index in [9.17, 15) is 4.79 Å². The summed E-state index contributed by atoms with van der Waals surface area (Å²) in [5, 5.41) is 0. The number of rotatable bonds is 4. The van der Waals surface area contributed by atoms with E-state index in [1.807, 2.05) is 12.1 Å². The first-order valence-corrected chi connectivity index (χ1v) is 9.73. The molecule has 6 nitrogen and oxygen atoms in total. The van der Waals surface area contributed by atoms with Crippen molar-refractivity contribution >= 4 is 46.2 Å². The van der Waals surface area contributed by atoms with Crippen LogP contribution in [-0.4, -0.2) is 60.7 Å². The maximum atomic E-state index is 12.6. The molecular formula is C17H20N2O4S2. The highest BCUT2D eigenvalue weighted by atomic mass is 32.2. The van der Waals surface area contributed by atoms with Gasteiger partial charge < -0.3 is 18.8 Å². The highest BCUT2D eigenvalue weighted by Crippen LogP contribution is 2.34. The Morgan fingerprint density at radius 1 is 1.28 bits per heavy atom. The number of hydrogen-bond acceptors (Lipinski definition) is 7. The SMILES string of the molecule is O=C1/C(=C/c2ccc(N3CCOCC3)o2)SC(=S)N1CC1CCCO1. The topological polar surface area (TPSA) is 55.2 Å². The zero-order valence-electron chi connectivity index (χ0n) is 13.8. The van der Waals surface area contributed by atoms with Crippen LogP contribution in [0.1, 0.15) is 18.6 Å². The summed E-state index contributed by atoms with van der Waals surface area (Å²) in [5.74, 6) is 1.42. The van der Waals surface area contributed by atoms with Crippen LogP contribution in [-0.2, 0) is 14.3 Å². The summed E-state index contributed by atoms with van der Waals surface area (Å²) in [4.78, 5) is 17.0. The third-order valence-electron chi connectivity index (χ3n) is 4.49. The van der Waals surface area contributed by atoms with Crippen LogP contribution in [0.5, 0.6) is 0 Å². The Hall–Kier alpha value is -1.35. The van der Waals surface area contributed by atoms with Crippen molar-refractivity contribution in [1.82, 2.24) is 4.90 Å². The van der Waals surface area contributed by atoms with Crippen LogP contribution in [0.4, 0.5) is 5.88 Å². The molecule has 1 unspecified atom stereocenters. The van der Waals surface area contributed by atoms with Crippen molar-refractivity contribution < 1.29 is 18.7 Å². The Bertz CT molecular complexity index is 691. The van der Waals surface area contributed by atoms with Gasteiger partial charge in [0.2, 0.25) is 0 Å². The largest absolute Gasteiger partial charge is 0.441 e. The first kappa shape index (κ1) is 17.1. The lowest BCUT2D eigenvalue weighted by Crippen LogP contribution is -2.35. The van der Waals surface area contributed by atoms with Gasteiger partial charge in [-0.05, 0) is 18.9 Å². The molecule has 0 N–H and O–H groups in total. The fraction of sp³-hybridized carbons (Fsp3) is 0.529. The molecule has 1 atom stereocenters. The second-order valence-corrected chi connectivity index (χ2v) is 7.88. The van der Waals surface area contributed by atoms with Crippen molar-refractivity contribution in [3.8, 4) is 0 Å². The van der Waals surface area contributed by atoms with Gasteiger partial charge in [0, 0.05) is 31.8 Å². The molecule has 0 bridgehead atoms. The van der Waals surface area contributed by atoms with Gasteiger partial charge in [0.25, 0.3) is 5.91 Å². The maximum Gasteiger partial charge on any atom is 0.266 e. The molecule has 8 heteroatoms. The van der Waals surface area contributed by atoms with Gasteiger partial charge in [-0.1, -0.05) is 24.0 Å². The molecule has 0 saturated carbocycles. The lowest BCUT2D eigenvalue weighted by Gasteiger charge is -2.26. The first-order valence-electron chi connectivity index (χ1n) is 8.50. The summed E-state index contributed by atoms with van der Waals surface area (Å²) in [6, 6.07) is 3.82. The number of anilines is 1. The van der Waals surface area contributed by atoms with Crippen LogP contribution in [0, 0.1) is 0 Å². The third-order valence-corrected chi connectivity index (χ3v) is 5.87. The highest BCUT2D eigenvalue weighted by Gasteiger charge is 2.34. The van der Waals surface area contributed by atoms with Crippen LogP contribution in [0.2, 0.25) is 0 Å². The zero-order valence-corrected chi connectivity index (χ0v) is 15.4. The molecule has 0 radical (unpaired) electrons. The summed E-state index contributed by atoms with van der Waals surface area (Å²) in [7, 11) is 0. The number of thiocarbonyl (C=S) groups is 1. The van der Waals surface area contributed by atoms with Crippen LogP contribution in [0.25, 0.3) is 6.08 Å². The van der Waals surface area contributed by atoms with E-state index in [0.29, 0.717) is 34.7 Å². The molecule has 0 spiro atoms. The minimum absolute atomic E-state index is 0.0603. The third kappa shape index (κ3) is 3.76. The quantitative estimate of drug-likeness (QED) is 0.588. The van der Waals surface area contributed by atoms with Gasteiger partial charge in [0.05, 0.1) is 30.8 Å². The average molecular weight is 380 g/mol. The van der Waals surface area contributed by atoms with Gasteiger partial charge >= 0.3 is 0 Å². The monoisotopic (exact) mass is 380 g/mol. The Balaban J connectivity index is 1.45. The molecule has 3 fully saturated rings. The van der Waals surface area contributed by atoms with Crippen molar-refractivity contribution in [1.29, 1.82) is 0 Å². The molecule has 1 amide bonds. The predicted octanol–water partition coefficient (Wildman–Crippen LogP) is 2.50. The molecule has 25 heavy (non-hydrogen) atoms. The molecule has 134 valence electrons. The standard InChI is InChI=1S/C17H20N2O4S2/c20-16-14(25-17(24)19(16)11-13-2-1-7-22-13)10-12-3-4-15(23-12)18-5-8-21-9-6-18/h3-4,10,13H,1-2,5-9,11H2/b14-10-. The van der Waals surface area contributed by atoms with E-state index in [-0.39, 0.29) is 12.0 Å². The van der Waals surface area contributed by atoms with Crippen LogP contribution in [0.3, 0.4) is 0 Å². The van der Waals surface area contributed by atoms with E-state index >= 15 is 0 Å². The normalized spacial score (nSPS) is 26.2. The summed E-state index contributed by atoms with van der Waals surface area (Å²) in [5.41, 5.74) is 0. The number of thioether (sulfide) groups is 1. The van der Waals surface area contributed by atoms with Gasteiger partial charge in [-0.3, -0.25) is 9.69 Å². The van der Waals surface area contributed by atoms with E-state index in [1.54, 1.807) is 11.0 Å². The fourth-order valence-corrected chi connectivity index (χ4v) is 4.41. The van der Waals surface area contributed by atoms with Crippen LogP contribution >= 0.6 is 24.0 Å². The van der Waals surface area contributed by atoms with Crippen molar-refractivity contribution in [2.24, 2.45) is 0 Å². The molecule has 4 heterocycles. The summed E-state index contributed by atoms with van der Waals surface area (Å²) in [6.07, 6.45) is 3.90. The minimum atomic E-state index is -0.0603. The second-order valence-electron chi connectivity index (χ2n) is 6.20. The van der Waals surface area contributed by atoms with E-state index < -0.39 is 0 Å². The molecule has 3 aliphatic rings. The average Bonchev–Trinajstić information content (AvgIpc) is 3.35. The van der Waals surface area contributed by atoms with Gasteiger partial charge in [0.1, 0.15) is 10.1 Å². The van der Waals surface area contributed by atoms with Crippen LogP contribution < -0.4 is 4.90 Å². The van der Waals surface area contributed by atoms with Crippen molar-refractivity contribution in [2.75, 3.05) is 44.4 Å². The lowest BCUT2D eigenvalue weighted by atomic mass is 10.2. The number of hydrogen-bond donors (Lipinski definition) is 0. The second kappa shape index (κ2) is 7.49. The highest BCUT2D eigenvalue weighted by molar-refractivity contribution is 8.26. The van der Waals surface area contributed by atoms with E-state index in [0.717, 1.165) is 38.4 Å². The maximum absolute atomic E-state index is 12.6. The Morgan fingerprint density at radius 2 is 2.12 bits per heavy atom. The van der Waals surface area contributed by atoms with Gasteiger partial charge in [-0.25, -0.2) is 0 Å². The van der Waals surface area contributed by atoms with Crippen molar-refractivity contribution in [2.45, 2.75) is 18.9 Å². The van der Waals surface area contributed by atoms with E-state index in [1.165, 1.54) is 11.8 Å². The van der Waals surface area contributed by atoms with Crippen molar-refractivity contribution in [3.63, 3.8) is 0 Å². The summed E-state index contributed by atoms with van der Waals surface area (Å²) < 4.78 is 17.4. The van der Waals surface area contributed by atoms with Crippen molar-refractivity contribution in [3.05, 3.63) is 22.8 Å². The zero-order chi connectivity index (χ0) is 17.2. The van der Waals surface area contributed by atoms with Gasteiger partial charge in [-0.2, -0.15) is 0 Å². The Morgan fingerprint density at radius 3 is 2.88 bits per heavy atom. The van der Waals surface area contributed by atoms with Gasteiger partial charge in [-0.15, -0.1) is 0 Å². The summed E-state index contributed by atoms with van der Waals surface area (Å²) >= 11 is 6.70. The van der Waals surface area contributed by atoms with E-state index in [2.05, 4.69) is 4.90 Å². The number of morpholine rings is 1. The molecule has 0 aromatic carbocycles. The number of amides is 1. The molecular weight excluding hydrogens is 360 g/mol. The first-order chi connectivity index (χ1) is 12.2. The number of carbonyl (C=O) groups excluding carboxylic acids is 1. The molecule has 1 aromatic heterocycles. The molecule has 3 saturated heterocycles. The Labute approximate surface area is 156 Å². The Kier molecular flexibility index (Phi) is 5.12. The fourth-order valence-electron chi connectivity index (χ4n) is 3.15. The molecule has 0 aliphatic carbocycles. The molecule has 4 rings (SSSR count). The number of furan rings is 1. The number of nitrogens with zero attached hydrogens (tertiary/aromatic N) is 2. The summed E-state index contributed by atoms with van der Waals surface area (Å²) in [6.45, 7) is 4.36. The molecule has 3 aliphatic heterocycles. The minimum Gasteiger partial charge on any atom is -0.441 e.